The highest BCUT2D eigenvalue weighted by atomic mass is 79.9. The molecule has 0 aliphatic rings. The maximum Gasteiger partial charge on any atom is 0.261 e. The molecule has 0 spiro atoms. The van der Waals surface area contributed by atoms with Gasteiger partial charge < -0.3 is 4.43 Å². The Balaban J connectivity index is 1.83. The molecule has 34 heavy (non-hydrogen) atoms. The van der Waals surface area contributed by atoms with E-state index in [0.717, 1.165) is 8.96 Å². The largest absolute Gasteiger partial charge is 0.406 e. The topological polar surface area (TPSA) is 9.23 Å². The summed E-state index contributed by atoms with van der Waals surface area (Å²) in [4.78, 5) is 0. The molecule has 3 aromatic rings. The first-order chi connectivity index (χ1) is 16.3. The maximum absolute atomic E-state index is 6.90. The van der Waals surface area contributed by atoms with Crippen molar-refractivity contribution in [1.29, 1.82) is 0 Å². The van der Waals surface area contributed by atoms with E-state index in [1.54, 1.807) is 0 Å². The van der Waals surface area contributed by atoms with E-state index >= 15 is 0 Å². The molecule has 3 aromatic carbocycles. The summed E-state index contributed by atoms with van der Waals surface area (Å²) in [5, 5.41) is 2.51. The maximum atomic E-state index is 6.90. The SMILES string of the molecule is CC(C)(C)[Si](OCCC#CC(C#Cc1ccccc1)=C(Br)Br)(c1ccccc1)c1ccccc1. The summed E-state index contributed by atoms with van der Waals surface area (Å²) >= 11 is 6.94. The molecule has 0 amide bonds. The standard InChI is InChI=1S/C30H28Br2OSi/c1-30(2,3)34(27-18-9-5-10-19-27,28-20-11-6-12-21-28)33-24-14-13-17-26(29(31)32)23-22-25-15-7-4-8-16-25/h4-12,15-16,18-21H,14,24H2,1-3H3. The van der Waals surface area contributed by atoms with Gasteiger partial charge in [-0.3, -0.25) is 0 Å². The highest BCUT2D eigenvalue weighted by molar-refractivity contribution is 9.28. The van der Waals surface area contributed by atoms with Gasteiger partial charge in [0.15, 0.2) is 0 Å². The fourth-order valence-electron chi connectivity index (χ4n) is 3.95. The Kier molecular flexibility index (Phi) is 9.57. The van der Waals surface area contributed by atoms with Crippen LogP contribution >= 0.6 is 31.9 Å². The second kappa shape index (κ2) is 12.4. The Hall–Kier alpha value is -2.34. The molecule has 0 saturated heterocycles. The summed E-state index contributed by atoms with van der Waals surface area (Å²) in [6.45, 7) is 7.41. The van der Waals surface area contributed by atoms with E-state index in [0.29, 0.717) is 18.6 Å². The van der Waals surface area contributed by atoms with Gasteiger partial charge in [-0.05, 0) is 59.4 Å². The Labute approximate surface area is 222 Å². The van der Waals surface area contributed by atoms with E-state index in [1.165, 1.54) is 10.4 Å². The molecule has 0 heterocycles. The molecule has 0 bridgehead atoms. The van der Waals surface area contributed by atoms with Gasteiger partial charge in [0.1, 0.15) is 0 Å². The molecule has 172 valence electrons. The molecular weight excluding hydrogens is 564 g/mol. The van der Waals surface area contributed by atoms with Gasteiger partial charge in [0, 0.05) is 18.6 Å². The molecule has 0 radical (unpaired) electrons. The lowest BCUT2D eigenvalue weighted by Gasteiger charge is -2.43. The van der Waals surface area contributed by atoms with Crippen molar-refractivity contribution in [2.24, 2.45) is 0 Å². The smallest absolute Gasteiger partial charge is 0.261 e. The summed E-state index contributed by atoms with van der Waals surface area (Å²) < 4.78 is 7.65. The van der Waals surface area contributed by atoms with Crippen LogP contribution in [0.2, 0.25) is 5.04 Å². The lowest BCUT2D eigenvalue weighted by Crippen LogP contribution is -2.66. The van der Waals surface area contributed by atoms with Crippen LogP contribution in [-0.2, 0) is 4.43 Å². The van der Waals surface area contributed by atoms with Gasteiger partial charge in [-0.25, -0.2) is 0 Å². The lowest BCUT2D eigenvalue weighted by atomic mass is 10.2. The predicted octanol–water partition coefficient (Wildman–Crippen LogP) is 7.01. The second-order valence-electron chi connectivity index (χ2n) is 8.81. The van der Waals surface area contributed by atoms with Crippen LogP contribution in [0.25, 0.3) is 0 Å². The Morgan fingerprint density at radius 3 is 1.74 bits per heavy atom. The normalized spacial score (nSPS) is 11.0. The Morgan fingerprint density at radius 2 is 1.26 bits per heavy atom. The minimum atomic E-state index is -2.53. The molecule has 0 aromatic heterocycles. The van der Waals surface area contributed by atoms with Crippen LogP contribution in [0.4, 0.5) is 0 Å². The molecule has 0 aliphatic carbocycles. The van der Waals surface area contributed by atoms with Gasteiger partial charge in [-0.1, -0.05) is 123 Å². The van der Waals surface area contributed by atoms with Crippen molar-refractivity contribution >= 4 is 50.6 Å². The third-order valence-corrected chi connectivity index (χ3v) is 11.3. The lowest BCUT2D eigenvalue weighted by molar-refractivity contribution is 0.306. The van der Waals surface area contributed by atoms with Gasteiger partial charge in [0.25, 0.3) is 8.32 Å². The molecule has 0 unspecified atom stereocenters. The molecule has 3 rings (SSSR count). The van der Waals surface area contributed by atoms with Crippen molar-refractivity contribution in [3.05, 3.63) is 106 Å². The van der Waals surface area contributed by atoms with Gasteiger partial charge >= 0.3 is 0 Å². The van der Waals surface area contributed by atoms with Crippen LogP contribution in [0.15, 0.2) is 100.0 Å². The number of benzene rings is 3. The van der Waals surface area contributed by atoms with E-state index in [9.17, 15) is 0 Å². The zero-order valence-electron chi connectivity index (χ0n) is 19.7. The summed E-state index contributed by atoms with van der Waals surface area (Å²) in [5.74, 6) is 12.8. The first-order valence-corrected chi connectivity index (χ1v) is 14.7. The first kappa shape index (κ1) is 26.3. The van der Waals surface area contributed by atoms with Gasteiger partial charge in [-0.2, -0.15) is 0 Å². The average molecular weight is 592 g/mol. The molecular formula is C30H28Br2OSi. The molecule has 0 fully saturated rings. The molecule has 0 atom stereocenters. The van der Waals surface area contributed by atoms with Crippen LogP contribution in [0, 0.1) is 23.7 Å². The van der Waals surface area contributed by atoms with E-state index in [2.05, 4.69) is 137 Å². The monoisotopic (exact) mass is 590 g/mol. The molecule has 1 nitrogen and oxygen atoms in total. The molecule has 0 N–H and O–H groups in total. The summed E-state index contributed by atoms with van der Waals surface area (Å²) in [7, 11) is -2.53. The minimum absolute atomic E-state index is 0.0474. The van der Waals surface area contributed by atoms with Crippen molar-refractivity contribution in [3.63, 3.8) is 0 Å². The van der Waals surface area contributed by atoms with Crippen molar-refractivity contribution in [2.75, 3.05) is 6.61 Å². The predicted molar refractivity (Wildman–Crippen MR) is 154 cm³/mol. The number of hydrogen-bond acceptors (Lipinski definition) is 1. The zero-order valence-corrected chi connectivity index (χ0v) is 23.9. The average Bonchev–Trinajstić information content (AvgIpc) is 2.84. The van der Waals surface area contributed by atoms with E-state index in [1.807, 2.05) is 30.3 Å². The highest BCUT2D eigenvalue weighted by Gasteiger charge is 2.49. The van der Waals surface area contributed by atoms with Crippen LogP contribution in [-0.4, -0.2) is 14.9 Å². The number of hydrogen-bond donors (Lipinski definition) is 0. The molecule has 0 saturated carbocycles. The van der Waals surface area contributed by atoms with Crippen molar-refractivity contribution in [3.8, 4) is 23.7 Å². The van der Waals surface area contributed by atoms with Crippen LogP contribution in [0.3, 0.4) is 0 Å². The van der Waals surface area contributed by atoms with Crippen LogP contribution < -0.4 is 10.4 Å². The van der Waals surface area contributed by atoms with E-state index in [-0.39, 0.29) is 5.04 Å². The van der Waals surface area contributed by atoms with E-state index < -0.39 is 8.32 Å². The molecule has 0 aliphatic heterocycles. The van der Waals surface area contributed by atoms with Crippen molar-refractivity contribution in [1.82, 2.24) is 0 Å². The minimum Gasteiger partial charge on any atom is -0.406 e. The third-order valence-electron chi connectivity index (χ3n) is 5.47. The van der Waals surface area contributed by atoms with Crippen molar-refractivity contribution in [2.45, 2.75) is 32.2 Å². The quantitative estimate of drug-likeness (QED) is 0.176. The Bertz CT molecular complexity index is 1180. The fourth-order valence-corrected chi connectivity index (χ4v) is 8.91. The van der Waals surface area contributed by atoms with Gasteiger partial charge in [0.05, 0.1) is 8.96 Å². The fraction of sp³-hybridized carbons (Fsp3) is 0.200. The van der Waals surface area contributed by atoms with Gasteiger partial charge in [0.2, 0.25) is 0 Å². The first-order valence-electron chi connectivity index (χ1n) is 11.2. The van der Waals surface area contributed by atoms with Crippen molar-refractivity contribution < 1.29 is 4.43 Å². The van der Waals surface area contributed by atoms with E-state index in [4.69, 9.17) is 4.43 Å². The van der Waals surface area contributed by atoms with Crippen LogP contribution in [0.1, 0.15) is 32.8 Å². The highest BCUT2D eigenvalue weighted by Crippen LogP contribution is 2.36. The number of halogens is 2. The summed E-state index contributed by atoms with van der Waals surface area (Å²) in [6, 6.07) is 31.3. The molecule has 4 heteroatoms. The second-order valence-corrected chi connectivity index (χ2v) is 15.8. The Morgan fingerprint density at radius 1 is 0.765 bits per heavy atom. The number of rotatable bonds is 5. The third kappa shape index (κ3) is 6.62. The number of allylic oxidation sites excluding steroid dienone is 1. The summed E-state index contributed by atoms with van der Waals surface area (Å²) in [5.41, 5.74) is 1.67. The van der Waals surface area contributed by atoms with Gasteiger partial charge in [-0.15, -0.1) is 0 Å². The zero-order chi connectivity index (χ0) is 24.4. The van der Waals surface area contributed by atoms with Crippen LogP contribution in [0.5, 0.6) is 0 Å². The summed E-state index contributed by atoms with van der Waals surface area (Å²) in [6.07, 6.45) is 0.619.